The van der Waals surface area contributed by atoms with E-state index in [1.54, 1.807) is 6.20 Å². The Hall–Kier alpha value is -1.41. The second-order valence-electron chi connectivity index (χ2n) is 5.46. The van der Waals surface area contributed by atoms with Gasteiger partial charge in [-0.05, 0) is 35.3 Å². The number of benzene rings is 1. The number of aliphatic hydroxyl groups excluding tert-OH is 1. The molecule has 1 aromatic carbocycles. The van der Waals surface area contributed by atoms with Gasteiger partial charge >= 0.3 is 0 Å². The van der Waals surface area contributed by atoms with Gasteiger partial charge in [-0.2, -0.15) is 0 Å². The fraction of sp³-hybridized carbons (Fsp3) is 0.438. The van der Waals surface area contributed by atoms with Gasteiger partial charge in [0.05, 0.1) is 6.10 Å². The molecule has 18 heavy (non-hydrogen) atoms. The Morgan fingerprint density at radius 3 is 2.94 bits per heavy atom. The highest BCUT2D eigenvalue weighted by Gasteiger charge is 2.31. The average molecular weight is 241 g/mol. The molecule has 1 N–H and O–H groups in total. The normalized spacial score (nSPS) is 25.4. The molecule has 0 saturated heterocycles. The van der Waals surface area contributed by atoms with Crippen molar-refractivity contribution >= 4 is 10.8 Å². The van der Waals surface area contributed by atoms with Crippen LogP contribution in [-0.4, -0.2) is 10.1 Å². The van der Waals surface area contributed by atoms with Crippen LogP contribution < -0.4 is 0 Å². The van der Waals surface area contributed by atoms with Crippen molar-refractivity contribution in [2.45, 2.75) is 32.3 Å². The van der Waals surface area contributed by atoms with Gasteiger partial charge < -0.3 is 5.11 Å². The Kier molecular flexibility index (Phi) is 3.04. The van der Waals surface area contributed by atoms with Crippen molar-refractivity contribution in [1.82, 2.24) is 4.98 Å². The van der Waals surface area contributed by atoms with Crippen molar-refractivity contribution in [2.24, 2.45) is 11.8 Å². The monoisotopic (exact) mass is 241 g/mol. The summed E-state index contributed by atoms with van der Waals surface area (Å²) in [6.07, 6.45) is 6.96. The number of hydrogen-bond donors (Lipinski definition) is 1. The molecule has 94 valence electrons. The molecule has 3 unspecified atom stereocenters. The van der Waals surface area contributed by atoms with E-state index < -0.39 is 0 Å². The second kappa shape index (κ2) is 4.69. The molecular formula is C16H19NO. The summed E-state index contributed by atoms with van der Waals surface area (Å²) in [5, 5.41) is 12.9. The minimum Gasteiger partial charge on any atom is -0.388 e. The third-order valence-electron chi connectivity index (χ3n) is 4.37. The Morgan fingerprint density at radius 2 is 2.17 bits per heavy atom. The Labute approximate surface area is 108 Å². The van der Waals surface area contributed by atoms with Crippen molar-refractivity contribution < 1.29 is 5.11 Å². The SMILES string of the molecule is CC1CCCC1C(O)c1cccc2cnccc12. The van der Waals surface area contributed by atoms with Gasteiger partial charge in [0.1, 0.15) is 0 Å². The van der Waals surface area contributed by atoms with Crippen LogP contribution in [0.2, 0.25) is 0 Å². The van der Waals surface area contributed by atoms with E-state index in [0.717, 1.165) is 22.8 Å². The summed E-state index contributed by atoms with van der Waals surface area (Å²) in [6.45, 7) is 2.26. The number of nitrogens with zero attached hydrogens (tertiary/aromatic N) is 1. The van der Waals surface area contributed by atoms with Crippen LogP contribution in [0.25, 0.3) is 10.8 Å². The Balaban J connectivity index is 2.03. The van der Waals surface area contributed by atoms with E-state index in [2.05, 4.69) is 24.0 Å². The molecule has 1 saturated carbocycles. The van der Waals surface area contributed by atoms with Crippen LogP contribution in [0.5, 0.6) is 0 Å². The van der Waals surface area contributed by atoms with Crippen molar-refractivity contribution in [3.8, 4) is 0 Å². The van der Waals surface area contributed by atoms with Crippen LogP contribution in [0, 0.1) is 11.8 Å². The molecule has 1 aromatic heterocycles. The summed E-state index contributed by atoms with van der Waals surface area (Å²) < 4.78 is 0. The fourth-order valence-corrected chi connectivity index (χ4v) is 3.28. The zero-order chi connectivity index (χ0) is 12.5. The molecule has 2 nitrogen and oxygen atoms in total. The molecule has 3 atom stereocenters. The first kappa shape index (κ1) is 11.7. The Bertz CT molecular complexity index is 546. The van der Waals surface area contributed by atoms with Gasteiger partial charge in [-0.15, -0.1) is 0 Å². The summed E-state index contributed by atoms with van der Waals surface area (Å²) >= 11 is 0. The molecule has 2 heteroatoms. The third-order valence-corrected chi connectivity index (χ3v) is 4.37. The lowest BCUT2D eigenvalue weighted by molar-refractivity contribution is 0.0913. The lowest BCUT2D eigenvalue weighted by Crippen LogP contribution is -2.15. The number of rotatable bonds is 2. The maximum atomic E-state index is 10.7. The first-order valence-electron chi connectivity index (χ1n) is 6.78. The number of aromatic nitrogens is 1. The first-order valence-corrected chi connectivity index (χ1v) is 6.78. The van der Waals surface area contributed by atoms with Crippen molar-refractivity contribution in [3.05, 3.63) is 42.2 Å². The molecule has 0 aliphatic heterocycles. The largest absolute Gasteiger partial charge is 0.388 e. The topological polar surface area (TPSA) is 33.1 Å². The van der Waals surface area contributed by atoms with E-state index in [1.807, 2.05) is 18.3 Å². The highest BCUT2D eigenvalue weighted by Crippen LogP contribution is 2.41. The average Bonchev–Trinajstić information content (AvgIpc) is 2.83. The van der Waals surface area contributed by atoms with Crippen LogP contribution in [-0.2, 0) is 0 Å². The van der Waals surface area contributed by atoms with Crippen molar-refractivity contribution in [3.63, 3.8) is 0 Å². The quantitative estimate of drug-likeness (QED) is 0.869. The molecule has 0 amide bonds. The maximum absolute atomic E-state index is 10.7. The molecule has 0 radical (unpaired) electrons. The van der Waals surface area contributed by atoms with E-state index in [9.17, 15) is 5.11 Å². The van der Waals surface area contributed by atoms with Crippen LogP contribution in [0.3, 0.4) is 0 Å². The summed E-state index contributed by atoms with van der Waals surface area (Å²) in [4.78, 5) is 4.14. The zero-order valence-corrected chi connectivity index (χ0v) is 10.7. The fourth-order valence-electron chi connectivity index (χ4n) is 3.28. The molecule has 1 aliphatic carbocycles. The van der Waals surface area contributed by atoms with Gasteiger partial charge in [0.2, 0.25) is 0 Å². The van der Waals surface area contributed by atoms with Crippen LogP contribution in [0.15, 0.2) is 36.7 Å². The minimum absolute atomic E-state index is 0.339. The van der Waals surface area contributed by atoms with Gasteiger partial charge in [0.25, 0.3) is 0 Å². The lowest BCUT2D eigenvalue weighted by Gasteiger charge is -2.23. The number of hydrogen-bond acceptors (Lipinski definition) is 2. The highest BCUT2D eigenvalue weighted by molar-refractivity contribution is 5.85. The van der Waals surface area contributed by atoms with Gasteiger partial charge in [-0.25, -0.2) is 0 Å². The van der Waals surface area contributed by atoms with E-state index in [0.29, 0.717) is 11.8 Å². The Morgan fingerprint density at radius 1 is 1.28 bits per heavy atom. The van der Waals surface area contributed by atoms with Crippen LogP contribution >= 0.6 is 0 Å². The van der Waals surface area contributed by atoms with Crippen LogP contribution in [0.1, 0.15) is 37.9 Å². The van der Waals surface area contributed by atoms with Gasteiger partial charge in [0.15, 0.2) is 0 Å². The molecule has 1 aliphatic rings. The predicted octanol–water partition coefficient (Wildman–Crippen LogP) is 3.70. The minimum atomic E-state index is -0.339. The summed E-state index contributed by atoms with van der Waals surface area (Å²) in [5.74, 6) is 1.03. The molecule has 2 aromatic rings. The number of aliphatic hydroxyl groups is 1. The zero-order valence-electron chi connectivity index (χ0n) is 10.7. The van der Waals surface area contributed by atoms with Crippen LogP contribution in [0.4, 0.5) is 0 Å². The first-order chi connectivity index (χ1) is 8.77. The van der Waals surface area contributed by atoms with E-state index in [1.165, 1.54) is 12.8 Å². The summed E-state index contributed by atoms with van der Waals surface area (Å²) in [7, 11) is 0. The lowest BCUT2D eigenvalue weighted by atomic mass is 9.86. The van der Waals surface area contributed by atoms with E-state index >= 15 is 0 Å². The predicted molar refractivity (Wildman–Crippen MR) is 73.2 cm³/mol. The van der Waals surface area contributed by atoms with Gasteiger partial charge in [-0.3, -0.25) is 4.98 Å². The summed E-state index contributed by atoms with van der Waals surface area (Å²) in [5.41, 5.74) is 1.06. The maximum Gasteiger partial charge on any atom is 0.0826 e. The second-order valence-corrected chi connectivity index (χ2v) is 5.46. The van der Waals surface area contributed by atoms with Gasteiger partial charge in [0, 0.05) is 17.8 Å². The molecule has 1 heterocycles. The molecular weight excluding hydrogens is 222 g/mol. The van der Waals surface area contributed by atoms with Gasteiger partial charge in [-0.1, -0.05) is 38.0 Å². The standard InChI is InChI=1S/C16H19NO/c1-11-4-2-6-13(11)16(18)15-7-3-5-12-10-17-9-8-14(12)15/h3,5,7-11,13,16,18H,2,4,6H2,1H3. The molecule has 0 spiro atoms. The number of pyridine rings is 1. The summed E-state index contributed by atoms with van der Waals surface area (Å²) in [6, 6.07) is 8.13. The van der Waals surface area contributed by atoms with E-state index in [-0.39, 0.29) is 6.10 Å². The van der Waals surface area contributed by atoms with E-state index in [4.69, 9.17) is 0 Å². The molecule has 0 bridgehead atoms. The van der Waals surface area contributed by atoms with Crippen molar-refractivity contribution in [1.29, 1.82) is 0 Å². The smallest absolute Gasteiger partial charge is 0.0826 e. The molecule has 3 rings (SSSR count). The molecule has 1 fully saturated rings. The van der Waals surface area contributed by atoms with Crippen molar-refractivity contribution in [2.75, 3.05) is 0 Å². The highest BCUT2D eigenvalue weighted by atomic mass is 16.3. The third kappa shape index (κ3) is 1.91. The number of fused-ring (bicyclic) bond motifs is 1.